The summed E-state index contributed by atoms with van der Waals surface area (Å²) in [5, 5.41) is 3.65. The third-order valence-electron chi connectivity index (χ3n) is 4.13. The number of nitrogens with zero attached hydrogens (tertiary/aromatic N) is 3. The molecule has 4 rings (SSSR count). The number of thiazole rings is 1. The number of anilines is 2. The lowest BCUT2D eigenvalue weighted by atomic mass is 10.3. The second-order valence-electron chi connectivity index (χ2n) is 5.94. The zero-order chi connectivity index (χ0) is 17.1. The van der Waals surface area contributed by atoms with Gasteiger partial charge < -0.3 is 10.2 Å². The lowest BCUT2D eigenvalue weighted by Crippen LogP contribution is -2.18. The second-order valence-corrected chi connectivity index (χ2v) is 7.00. The summed E-state index contributed by atoms with van der Waals surface area (Å²) in [6, 6.07) is 11.8. The molecule has 1 aliphatic heterocycles. The molecule has 2 aromatic heterocycles. The van der Waals surface area contributed by atoms with Crippen molar-refractivity contribution in [3.8, 4) is 0 Å². The Kier molecular flexibility index (Phi) is 4.43. The molecule has 5 nitrogen and oxygen atoms in total. The zero-order valence-corrected chi connectivity index (χ0v) is 14.5. The molecule has 1 amide bonds. The number of amides is 1. The molecule has 1 fully saturated rings. The Labute approximate surface area is 150 Å². The Bertz CT molecular complexity index is 878. The number of para-hydroxylation sites is 1. The smallest absolute Gasteiger partial charge is 0.248 e. The van der Waals surface area contributed by atoms with Gasteiger partial charge in [-0.25, -0.2) is 9.97 Å². The Balaban J connectivity index is 1.39. The lowest BCUT2D eigenvalue weighted by molar-refractivity contribution is -0.111. The summed E-state index contributed by atoms with van der Waals surface area (Å²) in [4.78, 5) is 23.3. The molecule has 0 atom stereocenters. The molecule has 0 bridgehead atoms. The van der Waals surface area contributed by atoms with Gasteiger partial charge in [0.15, 0.2) is 0 Å². The summed E-state index contributed by atoms with van der Waals surface area (Å²) in [5.41, 5.74) is 1.65. The van der Waals surface area contributed by atoms with E-state index in [1.165, 1.54) is 18.9 Å². The average Bonchev–Trinajstić information content (AvgIpc) is 3.30. The van der Waals surface area contributed by atoms with Crippen LogP contribution < -0.4 is 10.2 Å². The number of rotatable bonds is 4. The van der Waals surface area contributed by atoms with Crippen LogP contribution in [0.4, 0.5) is 11.5 Å². The first kappa shape index (κ1) is 15.8. The molecule has 0 aliphatic carbocycles. The maximum Gasteiger partial charge on any atom is 0.248 e. The van der Waals surface area contributed by atoms with Crippen molar-refractivity contribution in [1.82, 2.24) is 9.97 Å². The molecular formula is C19H18N4OS. The molecule has 3 heterocycles. The number of carbonyl (C=O) groups is 1. The first-order valence-corrected chi connectivity index (χ1v) is 9.15. The highest BCUT2D eigenvalue weighted by atomic mass is 32.1. The molecule has 1 saturated heterocycles. The van der Waals surface area contributed by atoms with E-state index in [0.29, 0.717) is 5.69 Å². The maximum absolute atomic E-state index is 12.1. The Morgan fingerprint density at radius 2 is 2.00 bits per heavy atom. The first-order chi connectivity index (χ1) is 12.3. The van der Waals surface area contributed by atoms with Crippen molar-refractivity contribution >= 4 is 45.0 Å². The van der Waals surface area contributed by atoms with Crippen molar-refractivity contribution in [2.75, 3.05) is 23.3 Å². The number of nitrogens with one attached hydrogen (secondary N) is 1. The van der Waals surface area contributed by atoms with E-state index in [-0.39, 0.29) is 5.91 Å². The molecule has 25 heavy (non-hydrogen) atoms. The van der Waals surface area contributed by atoms with E-state index in [1.807, 2.05) is 36.4 Å². The van der Waals surface area contributed by atoms with E-state index in [9.17, 15) is 4.79 Å². The van der Waals surface area contributed by atoms with Gasteiger partial charge in [0.1, 0.15) is 10.8 Å². The maximum atomic E-state index is 12.1. The number of carbonyl (C=O) groups excluding carboxylic acids is 1. The van der Waals surface area contributed by atoms with Crippen LogP contribution in [-0.2, 0) is 4.79 Å². The number of hydrogen-bond acceptors (Lipinski definition) is 5. The standard InChI is InChI=1S/C19H18N4OS/c24-18(9-10-19-22-15-5-1-2-6-16(15)25-19)21-14-7-8-17(20-13-14)23-11-3-4-12-23/h1-2,5-10,13H,3-4,11-12H2,(H,21,24)/b10-9+. The number of hydrogen-bond donors (Lipinski definition) is 1. The number of benzene rings is 1. The first-order valence-electron chi connectivity index (χ1n) is 8.33. The van der Waals surface area contributed by atoms with Crippen molar-refractivity contribution in [3.63, 3.8) is 0 Å². The predicted molar refractivity (Wildman–Crippen MR) is 103 cm³/mol. The minimum atomic E-state index is -0.185. The van der Waals surface area contributed by atoms with Gasteiger partial charge in [-0.2, -0.15) is 0 Å². The highest BCUT2D eigenvalue weighted by Crippen LogP contribution is 2.22. The SMILES string of the molecule is O=C(/C=C/c1nc2ccccc2s1)Nc1ccc(N2CCCC2)nc1. The van der Waals surface area contributed by atoms with E-state index >= 15 is 0 Å². The van der Waals surface area contributed by atoms with Crippen LogP contribution in [0.2, 0.25) is 0 Å². The van der Waals surface area contributed by atoms with Crippen molar-refractivity contribution in [1.29, 1.82) is 0 Å². The fourth-order valence-corrected chi connectivity index (χ4v) is 3.76. The minimum Gasteiger partial charge on any atom is -0.357 e. The Morgan fingerprint density at radius 3 is 2.76 bits per heavy atom. The third-order valence-corrected chi connectivity index (χ3v) is 5.13. The summed E-state index contributed by atoms with van der Waals surface area (Å²) in [6.07, 6.45) is 7.39. The normalized spacial score (nSPS) is 14.5. The van der Waals surface area contributed by atoms with Crippen LogP contribution in [0.15, 0.2) is 48.7 Å². The number of pyridine rings is 1. The second kappa shape index (κ2) is 7.03. The average molecular weight is 350 g/mol. The van der Waals surface area contributed by atoms with Gasteiger partial charge in [-0.3, -0.25) is 4.79 Å². The van der Waals surface area contributed by atoms with Gasteiger partial charge in [0.05, 0.1) is 22.1 Å². The monoisotopic (exact) mass is 350 g/mol. The van der Waals surface area contributed by atoms with E-state index in [0.717, 1.165) is 34.1 Å². The summed E-state index contributed by atoms with van der Waals surface area (Å²) in [6.45, 7) is 2.12. The number of aromatic nitrogens is 2. The van der Waals surface area contributed by atoms with E-state index in [4.69, 9.17) is 0 Å². The van der Waals surface area contributed by atoms with Gasteiger partial charge in [0, 0.05) is 19.2 Å². The molecule has 1 aromatic carbocycles. The molecule has 0 radical (unpaired) electrons. The van der Waals surface area contributed by atoms with Gasteiger partial charge in [-0.15, -0.1) is 11.3 Å². The van der Waals surface area contributed by atoms with E-state index in [2.05, 4.69) is 20.2 Å². The lowest BCUT2D eigenvalue weighted by Gasteiger charge is -2.16. The third kappa shape index (κ3) is 3.69. The van der Waals surface area contributed by atoms with E-state index in [1.54, 1.807) is 23.6 Å². The van der Waals surface area contributed by atoms with Crippen molar-refractivity contribution in [2.45, 2.75) is 12.8 Å². The Morgan fingerprint density at radius 1 is 1.16 bits per heavy atom. The highest BCUT2D eigenvalue weighted by molar-refractivity contribution is 7.19. The molecule has 1 aliphatic rings. The molecule has 0 saturated carbocycles. The molecule has 0 unspecified atom stereocenters. The van der Waals surface area contributed by atoms with Gasteiger partial charge in [-0.1, -0.05) is 12.1 Å². The van der Waals surface area contributed by atoms with Crippen LogP contribution in [0.25, 0.3) is 16.3 Å². The van der Waals surface area contributed by atoms with E-state index < -0.39 is 0 Å². The molecular weight excluding hydrogens is 332 g/mol. The molecule has 6 heteroatoms. The van der Waals surface area contributed by atoms with Crippen molar-refractivity contribution in [2.24, 2.45) is 0 Å². The predicted octanol–water partition coefficient (Wildman–Crippen LogP) is 3.94. The fourth-order valence-electron chi connectivity index (χ4n) is 2.89. The van der Waals surface area contributed by atoms with Crippen LogP contribution in [0.3, 0.4) is 0 Å². The molecule has 126 valence electrons. The van der Waals surface area contributed by atoms with Gasteiger partial charge in [-0.05, 0) is 43.2 Å². The van der Waals surface area contributed by atoms with Crippen LogP contribution >= 0.6 is 11.3 Å². The van der Waals surface area contributed by atoms with Gasteiger partial charge in [0.25, 0.3) is 0 Å². The van der Waals surface area contributed by atoms with Crippen LogP contribution in [0, 0.1) is 0 Å². The van der Waals surface area contributed by atoms with Gasteiger partial charge in [0.2, 0.25) is 5.91 Å². The van der Waals surface area contributed by atoms with Crippen molar-refractivity contribution < 1.29 is 4.79 Å². The summed E-state index contributed by atoms with van der Waals surface area (Å²) < 4.78 is 1.12. The van der Waals surface area contributed by atoms with Crippen LogP contribution in [0.5, 0.6) is 0 Å². The fraction of sp³-hybridized carbons (Fsp3) is 0.211. The van der Waals surface area contributed by atoms with Crippen LogP contribution in [-0.4, -0.2) is 29.0 Å². The molecule has 3 aromatic rings. The highest BCUT2D eigenvalue weighted by Gasteiger charge is 2.13. The molecule has 0 spiro atoms. The largest absolute Gasteiger partial charge is 0.357 e. The summed E-state index contributed by atoms with van der Waals surface area (Å²) >= 11 is 1.57. The molecule has 1 N–H and O–H groups in total. The van der Waals surface area contributed by atoms with Crippen LogP contribution in [0.1, 0.15) is 17.8 Å². The quantitative estimate of drug-likeness (QED) is 0.724. The zero-order valence-electron chi connectivity index (χ0n) is 13.7. The number of fused-ring (bicyclic) bond motifs is 1. The summed E-state index contributed by atoms with van der Waals surface area (Å²) in [7, 11) is 0. The minimum absolute atomic E-state index is 0.185. The summed E-state index contributed by atoms with van der Waals surface area (Å²) in [5.74, 6) is 0.787. The van der Waals surface area contributed by atoms with Crippen molar-refractivity contribution in [3.05, 3.63) is 53.7 Å². The Hall–Kier alpha value is -2.73. The van der Waals surface area contributed by atoms with Gasteiger partial charge >= 0.3 is 0 Å². The topological polar surface area (TPSA) is 58.1 Å².